The Morgan fingerprint density at radius 3 is 2.30 bits per heavy atom. The van der Waals surface area contributed by atoms with Crippen molar-refractivity contribution in [1.82, 2.24) is 5.32 Å². The van der Waals surface area contributed by atoms with Crippen molar-refractivity contribution < 1.29 is 0 Å². The van der Waals surface area contributed by atoms with E-state index >= 15 is 0 Å². The fourth-order valence-electron chi connectivity index (χ4n) is 2.53. The second-order valence-electron chi connectivity index (χ2n) is 4.88. The van der Waals surface area contributed by atoms with Crippen molar-refractivity contribution in [2.24, 2.45) is 4.99 Å². The van der Waals surface area contributed by atoms with Crippen LogP contribution in [0.5, 0.6) is 0 Å². The van der Waals surface area contributed by atoms with Gasteiger partial charge in [0.25, 0.3) is 0 Å². The van der Waals surface area contributed by atoms with Crippen LogP contribution in [-0.2, 0) is 0 Å². The molecule has 20 heavy (non-hydrogen) atoms. The van der Waals surface area contributed by atoms with Gasteiger partial charge in [-0.15, -0.1) is 24.8 Å². The number of nitrogens with one attached hydrogen (secondary N) is 2. The lowest BCUT2D eigenvalue weighted by atomic mass is 10.1. The number of aliphatic imine (C=N–C) groups is 1. The molecule has 0 unspecified atom stereocenters. The van der Waals surface area contributed by atoms with Crippen LogP contribution in [0, 0.1) is 0 Å². The average Bonchev–Trinajstić information content (AvgIpc) is 2.94. The van der Waals surface area contributed by atoms with Crippen molar-refractivity contribution in [1.29, 1.82) is 0 Å². The number of rotatable bonds is 2. The maximum Gasteiger partial charge on any atom is 0.195 e. The molecule has 0 saturated carbocycles. The van der Waals surface area contributed by atoms with E-state index in [0.717, 1.165) is 24.7 Å². The minimum Gasteiger partial charge on any atom is -0.372 e. The summed E-state index contributed by atoms with van der Waals surface area (Å²) in [7, 11) is 0. The van der Waals surface area contributed by atoms with E-state index in [1.54, 1.807) is 0 Å². The predicted molar refractivity (Wildman–Crippen MR) is 90.9 cm³/mol. The Morgan fingerprint density at radius 1 is 1.00 bits per heavy atom. The lowest BCUT2D eigenvalue weighted by Crippen LogP contribution is -2.29. The highest BCUT2D eigenvalue weighted by molar-refractivity contribution is 5.94. The summed E-state index contributed by atoms with van der Waals surface area (Å²) in [6, 6.07) is 8.66. The maximum atomic E-state index is 4.33. The van der Waals surface area contributed by atoms with Gasteiger partial charge >= 0.3 is 0 Å². The van der Waals surface area contributed by atoms with Crippen LogP contribution >= 0.6 is 24.8 Å². The molecular formula is C14H22Cl2N4. The van der Waals surface area contributed by atoms with Crippen molar-refractivity contribution in [2.75, 3.05) is 36.4 Å². The molecular weight excluding hydrogens is 295 g/mol. The van der Waals surface area contributed by atoms with E-state index < -0.39 is 0 Å². The first-order valence-electron chi connectivity index (χ1n) is 6.82. The van der Waals surface area contributed by atoms with E-state index in [1.807, 2.05) is 0 Å². The van der Waals surface area contributed by atoms with Crippen molar-refractivity contribution in [3.63, 3.8) is 0 Å². The molecule has 112 valence electrons. The van der Waals surface area contributed by atoms with Gasteiger partial charge in [0.05, 0.1) is 6.54 Å². The first-order chi connectivity index (χ1) is 8.92. The van der Waals surface area contributed by atoms with E-state index in [1.165, 1.54) is 38.0 Å². The molecule has 1 fully saturated rings. The van der Waals surface area contributed by atoms with Crippen molar-refractivity contribution in [2.45, 2.75) is 19.3 Å². The SMILES string of the molecule is Cl.Cl.c1cc(N2CCCCC2)ccc1NC1=NCCN1. The predicted octanol–water partition coefficient (Wildman–Crippen LogP) is 2.89. The molecule has 0 aromatic heterocycles. The molecule has 0 amide bonds. The number of benzene rings is 1. The van der Waals surface area contributed by atoms with E-state index in [4.69, 9.17) is 0 Å². The molecule has 1 aromatic rings. The molecule has 3 rings (SSSR count). The number of guanidine groups is 1. The van der Waals surface area contributed by atoms with Gasteiger partial charge in [0.15, 0.2) is 5.96 Å². The normalized spacial score (nSPS) is 17.4. The number of hydrogen-bond acceptors (Lipinski definition) is 4. The van der Waals surface area contributed by atoms with Crippen molar-refractivity contribution >= 4 is 42.1 Å². The van der Waals surface area contributed by atoms with Crippen LogP contribution < -0.4 is 15.5 Å². The smallest absolute Gasteiger partial charge is 0.195 e. The topological polar surface area (TPSA) is 39.7 Å². The molecule has 0 radical (unpaired) electrons. The summed E-state index contributed by atoms with van der Waals surface area (Å²) in [5, 5.41) is 6.50. The Hall–Kier alpha value is -1.13. The van der Waals surface area contributed by atoms with Gasteiger partial charge in [0.2, 0.25) is 0 Å². The van der Waals surface area contributed by atoms with E-state index in [-0.39, 0.29) is 24.8 Å². The molecule has 4 nitrogen and oxygen atoms in total. The van der Waals surface area contributed by atoms with Crippen LogP contribution in [0.1, 0.15) is 19.3 Å². The molecule has 6 heteroatoms. The third-order valence-electron chi connectivity index (χ3n) is 3.53. The van der Waals surface area contributed by atoms with Gasteiger partial charge < -0.3 is 15.5 Å². The van der Waals surface area contributed by atoms with Crippen molar-refractivity contribution in [3.05, 3.63) is 24.3 Å². The molecule has 0 bridgehead atoms. The van der Waals surface area contributed by atoms with Crippen LogP contribution in [0.15, 0.2) is 29.3 Å². The van der Waals surface area contributed by atoms with Gasteiger partial charge in [-0.1, -0.05) is 0 Å². The highest BCUT2D eigenvalue weighted by atomic mass is 35.5. The lowest BCUT2D eigenvalue weighted by molar-refractivity contribution is 0.578. The number of halogens is 2. The molecule has 2 aliphatic rings. The number of anilines is 2. The Kier molecular flexibility index (Phi) is 6.96. The number of piperidine rings is 1. The van der Waals surface area contributed by atoms with E-state index in [0.29, 0.717) is 0 Å². The number of hydrogen-bond donors (Lipinski definition) is 2. The van der Waals surface area contributed by atoms with Crippen molar-refractivity contribution in [3.8, 4) is 0 Å². The van der Waals surface area contributed by atoms with Gasteiger partial charge in [-0.3, -0.25) is 4.99 Å². The van der Waals surface area contributed by atoms with Gasteiger partial charge in [-0.2, -0.15) is 0 Å². The summed E-state index contributed by atoms with van der Waals surface area (Å²) < 4.78 is 0. The van der Waals surface area contributed by atoms with Crippen LogP contribution in [0.3, 0.4) is 0 Å². The molecule has 2 heterocycles. The lowest BCUT2D eigenvalue weighted by Gasteiger charge is -2.28. The average molecular weight is 317 g/mol. The first kappa shape index (κ1) is 16.9. The Balaban J connectivity index is 0.000001000. The zero-order chi connectivity index (χ0) is 12.2. The summed E-state index contributed by atoms with van der Waals surface area (Å²) in [5.41, 5.74) is 2.44. The quantitative estimate of drug-likeness (QED) is 0.881. The second kappa shape index (κ2) is 8.22. The van der Waals surface area contributed by atoms with E-state index in [2.05, 4.69) is 44.8 Å². The Morgan fingerprint density at radius 2 is 1.70 bits per heavy atom. The van der Waals surface area contributed by atoms with Gasteiger partial charge in [0.1, 0.15) is 0 Å². The van der Waals surface area contributed by atoms with Crippen LogP contribution in [0.2, 0.25) is 0 Å². The molecule has 0 aliphatic carbocycles. The zero-order valence-corrected chi connectivity index (χ0v) is 13.1. The molecule has 0 atom stereocenters. The Labute approximate surface area is 132 Å². The third kappa shape index (κ3) is 4.18. The largest absolute Gasteiger partial charge is 0.372 e. The highest BCUT2D eigenvalue weighted by Crippen LogP contribution is 2.21. The summed E-state index contributed by atoms with van der Waals surface area (Å²) >= 11 is 0. The van der Waals surface area contributed by atoms with Crippen LogP contribution in [0.25, 0.3) is 0 Å². The fourth-order valence-corrected chi connectivity index (χ4v) is 2.53. The highest BCUT2D eigenvalue weighted by Gasteiger charge is 2.11. The standard InChI is InChI=1S/C14H20N4.2ClH/c1-2-10-18(11-3-1)13-6-4-12(5-7-13)17-14-15-8-9-16-14;;/h4-7H,1-3,8-11H2,(H2,15,16,17);2*1H. The molecule has 2 aliphatic heterocycles. The summed E-state index contributed by atoms with van der Waals surface area (Å²) in [4.78, 5) is 6.80. The summed E-state index contributed by atoms with van der Waals surface area (Å²) in [6.45, 7) is 4.20. The minimum atomic E-state index is 0. The maximum absolute atomic E-state index is 4.33. The zero-order valence-electron chi connectivity index (χ0n) is 11.5. The van der Waals surface area contributed by atoms with Crippen LogP contribution in [-0.4, -0.2) is 32.1 Å². The van der Waals surface area contributed by atoms with Crippen LogP contribution in [0.4, 0.5) is 11.4 Å². The van der Waals surface area contributed by atoms with E-state index in [9.17, 15) is 0 Å². The second-order valence-corrected chi connectivity index (χ2v) is 4.88. The molecule has 2 N–H and O–H groups in total. The summed E-state index contributed by atoms with van der Waals surface area (Å²) in [5.74, 6) is 0.890. The number of nitrogens with zero attached hydrogens (tertiary/aromatic N) is 2. The Bertz CT molecular complexity index is 427. The van der Waals surface area contributed by atoms with Gasteiger partial charge in [-0.25, -0.2) is 0 Å². The summed E-state index contributed by atoms with van der Waals surface area (Å²) in [6.07, 6.45) is 4.02. The third-order valence-corrected chi connectivity index (χ3v) is 3.53. The monoisotopic (exact) mass is 316 g/mol. The molecule has 1 saturated heterocycles. The van der Waals surface area contributed by atoms with Gasteiger partial charge in [0, 0.05) is 31.0 Å². The minimum absolute atomic E-state index is 0. The first-order valence-corrected chi connectivity index (χ1v) is 6.82. The fraction of sp³-hybridized carbons (Fsp3) is 0.500. The molecule has 1 aromatic carbocycles. The van der Waals surface area contributed by atoms with Gasteiger partial charge in [-0.05, 0) is 43.5 Å². The molecule has 0 spiro atoms.